The number of carbonyl (C=O) groups excluding carboxylic acids is 4. The third-order valence-electron chi connectivity index (χ3n) is 8.65. The van der Waals surface area contributed by atoms with E-state index in [0.29, 0.717) is 41.1 Å². The third kappa shape index (κ3) is 4.81. The summed E-state index contributed by atoms with van der Waals surface area (Å²) in [7, 11) is 1.52. The summed E-state index contributed by atoms with van der Waals surface area (Å²) < 4.78 is 5.43. The number of ketones is 2. The van der Waals surface area contributed by atoms with Crippen LogP contribution in [-0.2, 0) is 14.4 Å². The van der Waals surface area contributed by atoms with Gasteiger partial charge in [-0.15, -0.1) is 0 Å². The molecule has 38 heavy (non-hydrogen) atoms. The molecule has 1 aliphatic heterocycles. The standard InChI is InChI=1S/C28H33Cl2N3O5/c1-3-21(34)19(10-14-6-5-9-22(14)35)32-27(36)26-16-8-4-7-15(16)13-33(26)28(37)20-11-17-23(38-2)12-18(29)24(30)25(17)31-20/h11-12,14-16,19,26,31H,3-10,13H2,1-2H3,(H,32,36)/t14-,15-,16-,19-,26-/m0/s1. The van der Waals surface area contributed by atoms with Crippen LogP contribution < -0.4 is 10.1 Å². The van der Waals surface area contributed by atoms with Crippen LogP contribution in [0, 0.1) is 17.8 Å². The summed E-state index contributed by atoms with van der Waals surface area (Å²) in [5.41, 5.74) is 0.785. The van der Waals surface area contributed by atoms with Gasteiger partial charge in [-0.05, 0) is 50.0 Å². The van der Waals surface area contributed by atoms with Crippen LogP contribution in [0.2, 0.25) is 10.0 Å². The number of hydrogen-bond donors (Lipinski definition) is 2. The zero-order chi connectivity index (χ0) is 27.1. The first-order chi connectivity index (χ1) is 18.2. The third-order valence-corrected chi connectivity index (χ3v) is 9.43. The molecule has 204 valence electrons. The molecule has 5 atom stereocenters. The number of hydrogen-bond acceptors (Lipinski definition) is 5. The number of ether oxygens (including phenoxy) is 1. The van der Waals surface area contributed by atoms with Crippen molar-refractivity contribution < 1.29 is 23.9 Å². The van der Waals surface area contributed by atoms with Crippen LogP contribution in [0.25, 0.3) is 10.9 Å². The summed E-state index contributed by atoms with van der Waals surface area (Å²) in [4.78, 5) is 57.4. The molecule has 2 N–H and O–H groups in total. The molecule has 1 aromatic heterocycles. The molecule has 0 radical (unpaired) electrons. The Hall–Kier alpha value is -2.58. The summed E-state index contributed by atoms with van der Waals surface area (Å²) in [6, 6.07) is 1.87. The number of benzene rings is 1. The van der Waals surface area contributed by atoms with Gasteiger partial charge >= 0.3 is 0 Å². The van der Waals surface area contributed by atoms with E-state index < -0.39 is 12.1 Å². The second kappa shape index (κ2) is 10.9. The van der Waals surface area contributed by atoms with Crippen molar-refractivity contribution in [2.75, 3.05) is 13.7 Å². The number of nitrogens with zero attached hydrogens (tertiary/aromatic N) is 1. The number of amides is 2. The molecule has 3 aliphatic rings. The Balaban J connectivity index is 1.42. The lowest BCUT2D eigenvalue weighted by atomic mass is 9.91. The fourth-order valence-electron chi connectivity index (χ4n) is 6.68. The molecular formula is C28H33Cl2N3O5. The van der Waals surface area contributed by atoms with Gasteiger partial charge in [-0.1, -0.05) is 36.5 Å². The molecular weight excluding hydrogens is 529 g/mol. The van der Waals surface area contributed by atoms with Gasteiger partial charge in [-0.3, -0.25) is 19.2 Å². The van der Waals surface area contributed by atoms with E-state index in [1.807, 2.05) is 0 Å². The smallest absolute Gasteiger partial charge is 0.271 e. The van der Waals surface area contributed by atoms with Crippen molar-refractivity contribution in [2.45, 2.75) is 70.4 Å². The molecule has 0 spiro atoms. The highest BCUT2D eigenvalue weighted by Crippen LogP contribution is 2.44. The van der Waals surface area contributed by atoms with Crippen molar-refractivity contribution in [3.05, 3.63) is 27.9 Å². The topological polar surface area (TPSA) is 109 Å². The average molecular weight is 562 g/mol. The lowest BCUT2D eigenvalue weighted by Gasteiger charge is -2.29. The van der Waals surface area contributed by atoms with Gasteiger partial charge in [-0.2, -0.15) is 0 Å². The maximum Gasteiger partial charge on any atom is 0.271 e. The summed E-state index contributed by atoms with van der Waals surface area (Å²) in [5.74, 6) is -0.0198. The SMILES string of the molecule is CCC(=O)[C@H](C[C@@H]1CCCC1=O)NC(=O)[C@@H]1[C@H]2CCC[C@H]2CN1C(=O)c1cc2c(OC)cc(Cl)c(Cl)c2[nH]1. The van der Waals surface area contributed by atoms with Gasteiger partial charge in [0.05, 0.1) is 28.7 Å². The van der Waals surface area contributed by atoms with E-state index in [1.165, 1.54) is 7.11 Å². The predicted octanol–water partition coefficient (Wildman–Crippen LogP) is 4.95. The Kier molecular flexibility index (Phi) is 7.74. The van der Waals surface area contributed by atoms with Gasteiger partial charge in [0.25, 0.3) is 5.91 Å². The molecule has 5 rings (SSSR count). The molecule has 2 aromatic rings. The average Bonchev–Trinajstić information content (AvgIpc) is 3.69. The van der Waals surface area contributed by atoms with Crippen LogP contribution in [0.4, 0.5) is 0 Å². The largest absolute Gasteiger partial charge is 0.496 e. The quantitative estimate of drug-likeness (QED) is 0.474. The second-order valence-corrected chi connectivity index (χ2v) is 11.6. The number of halogens is 2. The summed E-state index contributed by atoms with van der Waals surface area (Å²) in [6.07, 6.45) is 5.51. The van der Waals surface area contributed by atoms with Gasteiger partial charge in [0.15, 0.2) is 5.78 Å². The van der Waals surface area contributed by atoms with E-state index in [1.54, 1.807) is 24.0 Å². The van der Waals surface area contributed by atoms with Crippen molar-refractivity contribution >= 4 is 57.5 Å². The van der Waals surface area contributed by atoms with E-state index in [-0.39, 0.29) is 58.3 Å². The first-order valence-electron chi connectivity index (χ1n) is 13.4. The number of nitrogens with one attached hydrogen (secondary N) is 2. The number of aromatic amines is 1. The number of aromatic nitrogens is 1. The number of methoxy groups -OCH3 is 1. The first kappa shape index (κ1) is 27.0. The molecule has 2 saturated carbocycles. The van der Waals surface area contributed by atoms with Gasteiger partial charge in [0.1, 0.15) is 23.3 Å². The molecule has 2 heterocycles. The lowest BCUT2D eigenvalue weighted by molar-refractivity contribution is -0.131. The fraction of sp³-hybridized carbons (Fsp3) is 0.571. The van der Waals surface area contributed by atoms with E-state index in [4.69, 9.17) is 27.9 Å². The molecule has 3 fully saturated rings. The number of likely N-dealkylation sites (tertiary alicyclic amines) is 1. The van der Waals surface area contributed by atoms with Gasteiger partial charge in [0, 0.05) is 36.8 Å². The Morgan fingerprint density at radius 3 is 2.66 bits per heavy atom. The molecule has 8 nitrogen and oxygen atoms in total. The van der Waals surface area contributed by atoms with Crippen molar-refractivity contribution in [1.82, 2.24) is 15.2 Å². The van der Waals surface area contributed by atoms with E-state index in [2.05, 4.69) is 10.3 Å². The first-order valence-corrected chi connectivity index (χ1v) is 14.2. The monoisotopic (exact) mass is 561 g/mol. The van der Waals surface area contributed by atoms with Crippen LogP contribution in [0.3, 0.4) is 0 Å². The maximum absolute atomic E-state index is 13.8. The summed E-state index contributed by atoms with van der Waals surface area (Å²) >= 11 is 12.7. The molecule has 2 amide bonds. The van der Waals surface area contributed by atoms with Crippen LogP contribution in [0.1, 0.15) is 68.8 Å². The van der Waals surface area contributed by atoms with Crippen LogP contribution in [0.5, 0.6) is 5.75 Å². The number of fused-ring (bicyclic) bond motifs is 2. The van der Waals surface area contributed by atoms with Gasteiger partial charge < -0.3 is 19.9 Å². The predicted molar refractivity (Wildman–Crippen MR) is 145 cm³/mol. The van der Waals surface area contributed by atoms with Crippen molar-refractivity contribution in [2.24, 2.45) is 17.8 Å². The van der Waals surface area contributed by atoms with E-state index in [0.717, 1.165) is 32.1 Å². The van der Waals surface area contributed by atoms with E-state index >= 15 is 0 Å². The number of rotatable bonds is 8. The summed E-state index contributed by atoms with van der Waals surface area (Å²) in [6.45, 7) is 2.23. The number of Topliss-reactive ketones (excluding diaryl/α,β-unsaturated/α-hetero) is 2. The molecule has 1 aromatic carbocycles. The Bertz CT molecular complexity index is 1290. The second-order valence-electron chi connectivity index (χ2n) is 10.8. The number of H-pyrrole nitrogens is 1. The molecule has 1 saturated heterocycles. The molecule has 10 heteroatoms. The minimum absolute atomic E-state index is 0.0291. The molecule has 0 unspecified atom stereocenters. The van der Waals surface area contributed by atoms with E-state index in [9.17, 15) is 19.2 Å². The van der Waals surface area contributed by atoms with Crippen molar-refractivity contribution in [1.29, 1.82) is 0 Å². The zero-order valence-corrected chi connectivity index (χ0v) is 23.2. The van der Waals surface area contributed by atoms with Crippen LogP contribution in [-0.4, -0.2) is 59.0 Å². The minimum atomic E-state index is -0.727. The molecule has 2 aliphatic carbocycles. The maximum atomic E-state index is 13.8. The highest BCUT2D eigenvalue weighted by molar-refractivity contribution is 6.45. The minimum Gasteiger partial charge on any atom is -0.496 e. The fourth-order valence-corrected chi connectivity index (χ4v) is 7.08. The molecule has 0 bridgehead atoms. The highest BCUT2D eigenvalue weighted by Gasteiger charge is 2.50. The Labute approximate surface area is 231 Å². The highest BCUT2D eigenvalue weighted by atomic mass is 35.5. The Morgan fingerprint density at radius 2 is 1.97 bits per heavy atom. The van der Waals surface area contributed by atoms with Crippen LogP contribution >= 0.6 is 23.2 Å². The van der Waals surface area contributed by atoms with Crippen molar-refractivity contribution in [3.63, 3.8) is 0 Å². The Morgan fingerprint density at radius 1 is 1.18 bits per heavy atom. The van der Waals surface area contributed by atoms with Gasteiger partial charge in [0.2, 0.25) is 5.91 Å². The van der Waals surface area contributed by atoms with Gasteiger partial charge in [-0.25, -0.2) is 0 Å². The zero-order valence-electron chi connectivity index (χ0n) is 21.6. The van der Waals surface area contributed by atoms with Crippen molar-refractivity contribution in [3.8, 4) is 5.75 Å². The number of carbonyl (C=O) groups is 4. The van der Waals surface area contributed by atoms with Crippen LogP contribution in [0.15, 0.2) is 12.1 Å². The normalized spacial score (nSPS) is 25.6. The lowest BCUT2D eigenvalue weighted by Crippen LogP contribution is -2.53. The summed E-state index contributed by atoms with van der Waals surface area (Å²) in [5, 5.41) is 4.18.